The van der Waals surface area contributed by atoms with Gasteiger partial charge in [0.2, 0.25) is 0 Å². The number of rotatable bonds is 4. The zero-order valence-corrected chi connectivity index (χ0v) is 12.2. The molecule has 0 aliphatic heterocycles. The Morgan fingerprint density at radius 1 is 1.43 bits per heavy atom. The van der Waals surface area contributed by atoms with Crippen molar-refractivity contribution >= 4 is 40.4 Å². The number of aromatic nitrogens is 3. The van der Waals surface area contributed by atoms with Gasteiger partial charge in [-0.15, -0.1) is 0 Å². The van der Waals surface area contributed by atoms with Crippen LogP contribution in [-0.4, -0.2) is 32.2 Å². The molecule has 0 unspecified atom stereocenters. The normalized spacial score (nSPS) is 10.7. The second-order valence-electron chi connectivity index (χ2n) is 5.02. The highest BCUT2D eigenvalue weighted by atomic mass is 16.4. The maximum Gasteiger partial charge on any atom is 0.338 e. The molecule has 0 saturated carbocycles. The number of aromatic carboxylic acids is 1. The molecule has 0 amide bonds. The third-order valence-electron chi connectivity index (χ3n) is 3.54. The smallest absolute Gasteiger partial charge is 0.338 e. The second-order valence-corrected chi connectivity index (χ2v) is 5.02. The molecular weight excluding hydrogens is 296 g/mol. The Morgan fingerprint density at radius 2 is 2.22 bits per heavy atom. The van der Waals surface area contributed by atoms with Gasteiger partial charge in [-0.25, -0.2) is 14.8 Å². The van der Waals surface area contributed by atoms with E-state index in [2.05, 4.69) is 20.3 Å². The average Bonchev–Trinajstić information content (AvgIpc) is 2.95. The van der Waals surface area contributed by atoms with Crippen LogP contribution in [0.25, 0.3) is 11.0 Å². The number of carbonyl (C=O) groups is 1. The Hall–Kier alpha value is -3.42. The lowest BCUT2D eigenvalue weighted by atomic mass is 10.1. The van der Waals surface area contributed by atoms with Gasteiger partial charge < -0.3 is 26.6 Å². The number of hydrogen-bond donors (Lipinski definition) is 5. The van der Waals surface area contributed by atoms with Gasteiger partial charge in [0.25, 0.3) is 0 Å². The van der Waals surface area contributed by atoms with Crippen LogP contribution in [0.3, 0.4) is 0 Å². The summed E-state index contributed by atoms with van der Waals surface area (Å²) in [6.45, 7) is 1.86. The first-order valence-corrected chi connectivity index (χ1v) is 6.74. The fraction of sp³-hybridized carbons (Fsp3) is 0.0667. The van der Waals surface area contributed by atoms with Crippen LogP contribution in [-0.2, 0) is 0 Å². The minimum Gasteiger partial charge on any atom is -0.478 e. The monoisotopic (exact) mass is 310 g/mol. The number of nitrogens with two attached hydrogens (primary N) is 1. The van der Waals surface area contributed by atoms with E-state index in [1.165, 1.54) is 12.5 Å². The van der Waals surface area contributed by atoms with Gasteiger partial charge >= 0.3 is 5.97 Å². The van der Waals surface area contributed by atoms with Gasteiger partial charge in [0.15, 0.2) is 0 Å². The first-order valence-electron chi connectivity index (χ1n) is 6.74. The van der Waals surface area contributed by atoms with Crippen LogP contribution < -0.4 is 11.1 Å². The third-order valence-corrected chi connectivity index (χ3v) is 3.54. The van der Waals surface area contributed by atoms with Crippen molar-refractivity contribution in [2.75, 3.05) is 11.1 Å². The molecule has 2 aromatic heterocycles. The zero-order valence-electron chi connectivity index (χ0n) is 12.2. The van der Waals surface area contributed by atoms with E-state index in [1.54, 1.807) is 12.1 Å². The van der Waals surface area contributed by atoms with Gasteiger partial charge in [0.05, 0.1) is 10.9 Å². The number of fused-ring (bicyclic) bond motifs is 1. The second kappa shape index (κ2) is 5.41. The molecule has 116 valence electrons. The molecule has 3 aromatic rings. The fourth-order valence-electron chi connectivity index (χ4n) is 2.36. The summed E-state index contributed by atoms with van der Waals surface area (Å²) < 4.78 is 0. The topological polar surface area (TPSA) is 141 Å². The molecule has 1 aromatic carbocycles. The molecule has 8 heteroatoms. The summed E-state index contributed by atoms with van der Waals surface area (Å²) in [5, 5.41) is 20.2. The molecule has 0 radical (unpaired) electrons. The molecule has 0 bridgehead atoms. The van der Waals surface area contributed by atoms with Crippen molar-refractivity contribution in [3.05, 3.63) is 41.3 Å². The van der Waals surface area contributed by atoms with Gasteiger partial charge in [0, 0.05) is 29.3 Å². The van der Waals surface area contributed by atoms with Crippen LogP contribution in [0, 0.1) is 12.3 Å². The Balaban J connectivity index is 2.14. The zero-order chi connectivity index (χ0) is 16.6. The van der Waals surface area contributed by atoms with Crippen LogP contribution in [0.15, 0.2) is 24.7 Å². The quantitative estimate of drug-likeness (QED) is 0.370. The van der Waals surface area contributed by atoms with Crippen molar-refractivity contribution < 1.29 is 9.90 Å². The predicted molar refractivity (Wildman–Crippen MR) is 87.6 cm³/mol. The van der Waals surface area contributed by atoms with Crippen LogP contribution in [0.5, 0.6) is 0 Å². The van der Waals surface area contributed by atoms with Crippen molar-refractivity contribution in [3.63, 3.8) is 0 Å². The summed E-state index contributed by atoms with van der Waals surface area (Å²) in [7, 11) is 0. The molecule has 2 heterocycles. The fourth-order valence-corrected chi connectivity index (χ4v) is 2.36. The summed E-state index contributed by atoms with van der Waals surface area (Å²) in [6, 6.07) is 3.47. The van der Waals surface area contributed by atoms with E-state index in [0.717, 1.165) is 11.8 Å². The number of aryl methyl sites for hydroxylation is 1. The van der Waals surface area contributed by atoms with Gasteiger partial charge in [-0.3, -0.25) is 0 Å². The standard InChI is InChI=1S/C15H14N6O2/c1-7-2-10(17)8(4-16)3-11(7)21-14-12-9(15(22)23)5-18-13(12)19-6-20-14/h2-6,16H,17H2,1H3,(H,22,23)(H2,18,19,20,21). The van der Waals surface area contributed by atoms with Crippen molar-refractivity contribution in [1.29, 1.82) is 5.41 Å². The number of benzene rings is 1. The van der Waals surface area contributed by atoms with E-state index in [-0.39, 0.29) is 5.56 Å². The minimum absolute atomic E-state index is 0.0866. The number of nitrogen functional groups attached to an aromatic ring is 1. The van der Waals surface area contributed by atoms with Crippen LogP contribution in [0.4, 0.5) is 17.2 Å². The highest BCUT2D eigenvalue weighted by molar-refractivity contribution is 6.07. The number of hydrogen-bond acceptors (Lipinski definition) is 6. The van der Waals surface area contributed by atoms with Crippen LogP contribution >= 0.6 is 0 Å². The molecule has 6 N–H and O–H groups in total. The number of carboxylic acid groups (broad SMARTS) is 1. The van der Waals surface area contributed by atoms with Crippen molar-refractivity contribution in [2.45, 2.75) is 6.92 Å². The lowest BCUT2D eigenvalue weighted by Crippen LogP contribution is -2.03. The summed E-state index contributed by atoms with van der Waals surface area (Å²) in [4.78, 5) is 22.3. The third kappa shape index (κ3) is 2.46. The first-order chi connectivity index (χ1) is 11.0. The van der Waals surface area contributed by atoms with Gasteiger partial charge in [-0.1, -0.05) is 0 Å². The molecular formula is C15H14N6O2. The van der Waals surface area contributed by atoms with Crippen LogP contribution in [0.2, 0.25) is 0 Å². The van der Waals surface area contributed by atoms with E-state index in [4.69, 9.17) is 11.1 Å². The SMILES string of the molecule is Cc1cc(N)c(C=N)cc1Nc1ncnc2[nH]cc(C(=O)O)c12. The largest absolute Gasteiger partial charge is 0.478 e. The van der Waals surface area contributed by atoms with Gasteiger partial charge in [0.1, 0.15) is 17.8 Å². The average molecular weight is 310 g/mol. The summed E-state index contributed by atoms with van der Waals surface area (Å²) in [5.41, 5.74) is 8.98. The van der Waals surface area contributed by atoms with E-state index in [9.17, 15) is 9.90 Å². The number of aromatic amines is 1. The summed E-state index contributed by atoms with van der Waals surface area (Å²) >= 11 is 0. The molecule has 3 rings (SSSR count). The van der Waals surface area contributed by atoms with E-state index >= 15 is 0 Å². The number of H-pyrrole nitrogens is 1. The Kier molecular flexibility index (Phi) is 3.41. The minimum atomic E-state index is -1.07. The molecule has 8 nitrogen and oxygen atoms in total. The van der Waals surface area contributed by atoms with Crippen molar-refractivity contribution in [2.24, 2.45) is 0 Å². The Morgan fingerprint density at radius 3 is 2.91 bits per heavy atom. The lowest BCUT2D eigenvalue weighted by molar-refractivity contribution is 0.0699. The highest BCUT2D eigenvalue weighted by Crippen LogP contribution is 2.29. The first kappa shape index (κ1) is 14.5. The highest BCUT2D eigenvalue weighted by Gasteiger charge is 2.17. The lowest BCUT2D eigenvalue weighted by Gasteiger charge is -2.12. The molecule has 0 fully saturated rings. The Labute approximate surface area is 130 Å². The maximum atomic E-state index is 11.3. The number of nitrogens with zero attached hydrogens (tertiary/aromatic N) is 2. The predicted octanol–water partition coefficient (Wildman–Crippen LogP) is 2.29. The molecule has 23 heavy (non-hydrogen) atoms. The Bertz CT molecular complexity index is 931. The van der Waals surface area contributed by atoms with Crippen molar-refractivity contribution in [1.82, 2.24) is 15.0 Å². The maximum absolute atomic E-state index is 11.3. The summed E-state index contributed by atoms with van der Waals surface area (Å²) in [5.74, 6) is -0.694. The van der Waals surface area contributed by atoms with E-state index in [1.807, 2.05) is 6.92 Å². The number of anilines is 3. The van der Waals surface area contributed by atoms with E-state index < -0.39 is 5.97 Å². The molecule has 0 saturated heterocycles. The molecule has 0 aliphatic carbocycles. The molecule has 0 spiro atoms. The summed E-state index contributed by atoms with van der Waals surface area (Å²) in [6.07, 6.45) is 3.89. The van der Waals surface area contributed by atoms with Gasteiger partial charge in [-0.2, -0.15) is 0 Å². The van der Waals surface area contributed by atoms with Crippen LogP contribution in [0.1, 0.15) is 21.5 Å². The van der Waals surface area contributed by atoms with Gasteiger partial charge in [-0.05, 0) is 24.6 Å². The number of carboxylic acids is 1. The molecule has 0 atom stereocenters. The molecule has 0 aliphatic rings. The van der Waals surface area contributed by atoms with Crippen molar-refractivity contribution in [3.8, 4) is 0 Å². The number of nitrogens with one attached hydrogen (secondary N) is 3. The van der Waals surface area contributed by atoms with E-state index in [0.29, 0.717) is 33.8 Å².